The van der Waals surface area contributed by atoms with Crippen molar-refractivity contribution in [3.05, 3.63) is 53.6 Å². The molecule has 1 saturated heterocycles. The van der Waals surface area contributed by atoms with E-state index in [1.165, 1.54) is 18.0 Å². The van der Waals surface area contributed by atoms with Crippen molar-refractivity contribution in [1.29, 1.82) is 0 Å². The zero-order chi connectivity index (χ0) is 22.5. The Kier molecular flexibility index (Phi) is 6.65. The zero-order valence-electron chi connectivity index (χ0n) is 18.3. The summed E-state index contributed by atoms with van der Waals surface area (Å²) in [4.78, 5) is 40.6. The van der Waals surface area contributed by atoms with Crippen LogP contribution in [0.1, 0.15) is 39.9 Å². The van der Waals surface area contributed by atoms with E-state index in [1.54, 1.807) is 0 Å². The Hall–Kier alpha value is -3.46. The number of fused-ring (bicyclic) bond motifs is 1. The highest BCUT2D eigenvalue weighted by atomic mass is 16.2. The summed E-state index contributed by atoms with van der Waals surface area (Å²) >= 11 is 0. The molecule has 4 N–H and O–H groups in total. The first-order valence-corrected chi connectivity index (χ1v) is 11.0. The number of rotatable bonds is 6. The molecule has 168 valence electrons. The second-order valence-electron chi connectivity index (χ2n) is 7.99. The van der Waals surface area contributed by atoms with E-state index < -0.39 is 0 Å². The second kappa shape index (κ2) is 9.78. The lowest BCUT2D eigenvalue weighted by Gasteiger charge is -2.21. The molecule has 9 heteroatoms. The first-order chi connectivity index (χ1) is 15.5. The zero-order valence-corrected chi connectivity index (χ0v) is 18.3. The van der Waals surface area contributed by atoms with Gasteiger partial charge in [0.25, 0.3) is 11.8 Å². The summed E-state index contributed by atoms with van der Waals surface area (Å²) in [5, 5.41) is 3.90. The molecule has 2 aromatic heterocycles. The number of anilines is 1. The number of hydrogen-bond donors (Lipinski definition) is 3. The number of carbonyl (C=O) groups excluding carboxylic acids is 2. The lowest BCUT2D eigenvalue weighted by molar-refractivity contribution is 0.0756. The minimum atomic E-state index is -0.327. The molecule has 2 amide bonds. The predicted molar refractivity (Wildman–Crippen MR) is 123 cm³/mol. The van der Waals surface area contributed by atoms with Gasteiger partial charge in [0.2, 0.25) is 0 Å². The number of H-pyrrole nitrogens is 1. The van der Waals surface area contributed by atoms with Gasteiger partial charge in [-0.15, -0.1) is 0 Å². The van der Waals surface area contributed by atoms with Gasteiger partial charge < -0.3 is 20.9 Å². The number of benzene rings is 1. The van der Waals surface area contributed by atoms with Crippen LogP contribution in [0.5, 0.6) is 0 Å². The van der Waals surface area contributed by atoms with Crippen LogP contribution in [-0.4, -0.2) is 75.8 Å². The van der Waals surface area contributed by atoms with Crippen LogP contribution in [0.15, 0.2) is 36.7 Å². The molecule has 1 aliphatic rings. The molecule has 0 spiro atoms. The van der Waals surface area contributed by atoms with Crippen LogP contribution in [0.4, 0.5) is 5.82 Å². The quantitative estimate of drug-likeness (QED) is 0.542. The molecular formula is C23H29N7O2. The summed E-state index contributed by atoms with van der Waals surface area (Å²) in [5.41, 5.74) is 8.73. The van der Waals surface area contributed by atoms with Crippen LogP contribution in [0.25, 0.3) is 10.9 Å². The van der Waals surface area contributed by atoms with E-state index in [2.05, 4.69) is 50.3 Å². The lowest BCUT2D eigenvalue weighted by atomic mass is 10.1. The third-order valence-electron chi connectivity index (χ3n) is 5.86. The minimum Gasteiger partial charge on any atom is -0.382 e. The molecule has 3 aromatic rings. The predicted octanol–water partition coefficient (Wildman–Crippen LogP) is 1.68. The van der Waals surface area contributed by atoms with Crippen LogP contribution in [0.2, 0.25) is 0 Å². The van der Waals surface area contributed by atoms with Crippen LogP contribution < -0.4 is 11.1 Å². The van der Waals surface area contributed by atoms with E-state index in [0.29, 0.717) is 31.9 Å². The Bertz CT molecular complexity index is 1110. The number of aromatic amines is 1. The molecule has 0 aliphatic carbocycles. The summed E-state index contributed by atoms with van der Waals surface area (Å²) in [6.45, 7) is 6.29. The van der Waals surface area contributed by atoms with Gasteiger partial charge in [-0.05, 0) is 37.1 Å². The van der Waals surface area contributed by atoms with Gasteiger partial charge in [-0.1, -0.05) is 19.1 Å². The first kappa shape index (κ1) is 21.8. The Labute approximate surface area is 187 Å². The SMILES string of the molecule is CCc1ccc2cc(C(=O)N3CCCN(CCNC(=O)c4nccnc4N)CC3)[nH]c2c1. The number of nitrogens with zero attached hydrogens (tertiary/aromatic N) is 4. The highest BCUT2D eigenvalue weighted by molar-refractivity contribution is 5.98. The molecule has 0 unspecified atom stereocenters. The molecule has 1 aromatic carbocycles. The number of aromatic nitrogens is 3. The van der Waals surface area contributed by atoms with Crippen molar-refractivity contribution in [1.82, 2.24) is 30.1 Å². The van der Waals surface area contributed by atoms with Gasteiger partial charge in [0, 0.05) is 56.0 Å². The number of nitrogens with one attached hydrogen (secondary N) is 2. The second-order valence-corrected chi connectivity index (χ2v) is 7.99. The molecular weight excluding hydrogens is 406 g/mol. The van der Waals surface area contributed by atoms with E-state index in [4.69, 9.17) is 5.73 Å². The smallest absolute Gasteiger partial charge is 0.273 e. The molecule has 3 heterocycles. The number of amides is 2. The molecule has 1 aliphatic heterocycles. The summed E-state index contributed by atoms with van der Waals surface area (Å²) in [7, 11) is 0. The molecule has 0 bridgehead atoms. The first-order valence-electron chi connectivity index (χ1n) is 11.0. The van der Waals surface area contributed by atoms with E-state index in [1.807, 2.05) is 11.0 Å². The number of hydrogen-bond acceptors (Lipinski definition) is 6. The Morgan fingerprint density at radius 2 is 1.97 bits per heavy atom. The molecule has 4 rings (SSSR count). The van der Waals surface area contributed by atoms with Gasteiger partial charge in [0.05, 0.1) is 0 Å². The van der Waals surface area contributed by atoms with Gasteiger partial charge in [-0.25, -0.2) is 9.97 Å². The van der Waals surface area contributed by atoms with Crippen LogP contribution >= 0.6 is 0 Å². The maximum atomic E-state index is 13.1. The van der Waals surface area contributed by atoms with Gasteiger partial charge >= 0.3 is 0 Å². The number of nitrogens with two attached hydrogens (primary N) is 1. The lowest BCUT2D eigenvalue weighted by Crippen LogP contribution is -2.38. The standard InChI is InChI=1S/C23H29N7O2/c1-2-16-4-5-17-15-19(28-18(17)14-16)23(32)30-10-3-9-29(12-13-30)11-8-27-22(31)20-21(24)26-7-6-25-20/h4-7,14-15,28H,2-3,8-13H2,1H3,(H2,24,26)(H,27,31). The van der Waals surface area contributed by atoms with Crippen molar-refractivity contribution in [2.75, 3.05) is 45.0 Å². The Morgan fingerprint density at radius 3 is 2.78 bits per heavy atom. The molecule has 0 atom stereocenters. The largest absolute Gasteiger partial charge is 0.382 e. The maximum Gasteiger partial charge on any atom is 0.273 e. The summed E-state index contributed by atoms with van der Waals surface area (Å²) in [5.74, 6) is -0.170. The van der Waals surface area contributed by atoms with Crippen molar-refractivity contribution in [3.8, 4) is 0 Å². The van der Waals surface area contributed by atoms with E-state index in [-0.39, 0.29) is 23.3 Å². The third kappa shape index (κ3) is 4.88. The fourth-order valence-electron chi connectivity index (χ4n) is 4.01. The highest BCUT2D eigenvalue weighted by Gasteiger charge is 2.22. The van der Waals surface area contributed by atoms with Crippen LogP contribution in [0, 0.1) is 0 Å². The van der Waals surface area contributed by atoms with Crippen molar-refractivity contribution in [3.63, 3.8) is 0 Å². The van der Waals surface area contributed by atoms with Gasteiger partial charge in [0.1, 0.15) is 5.69 Å². The van der Waals surface area contributed by atoms with Crippen molar-refractivity contribution < 1.29 is 9.59 Å². The molecule has 32 heavy (non-hydrogen) atoms. The number of aryl methyl sites for hydroxylation is 1. The summed E-state index contributed by atoms with van der Waals surface area (Å²) < 4.78 is 0. The normalized spacial score (nSPS) is 15.0. The third-order valence-corrected chi connectivity index (χ3v) is 5.86. The monoisotopic (exact) mass is 435 g/mol. The number of nitrogen functional groups attached to an aromatic ring is 1. The average Bonchev–Trinajstić information content (AvgIpc) is 3.09. The molecule has 1 fully saturated rings. The van der Waals surface area contributed by atoms with Crippen molar-refractivity contribution >= 4 is 28.5 Å². The van der Waals surface area contributed by atoms with E-state index in [0.717, 1.165) is 36.8 Å². The molecule has 0 radical (unpaired) electrons. The average molecular weight is 436 g/mol. The summed E-state index contributed by atoms with van der Waals surface area (Å²) in [6, 6.07) is 8.22. The summed E-state index contributed by atoms with van der Waals surface area (Å²) in [6.07, 6.45) is 4.75. The van der Waals surface area contributed by atoms with E-state index >= 15 is 0 Å². The van der Waals surface area contributed by atoms with Crippen molar-refractivity contribution in [2.24, 2.45) is 0 Å². The van der Waals surface area contributed by atoms with E-state index in [9.17, 15) is 9.59 Å². The fraction of sp³-hybridized carbons (Fsp3) is 0.391. The number of carbonyl (C=O) groups is 2. The van der Waals surface area contributed by atoms with Gasteiger partial charge in [-0.2, -0.15) is 0 Å². The van der Waals surface area contributed by atoms with Gasteiger partial charge in [0.15, 0.2) is 11.5 Å². The molecule has 0 saturated carbocycles. The van der Waals surface area contributed by atoms with Crippen molar-refractivity contribution in [2.45, 2.75) is 19.8 Å². The van der Waals surface area contributed by atoms with Crippen LogP contribution in [0.3, 0.4) is 0 Å². The minimum absolute atomic E-state index is 0.0347. The Balaban J connectivity index is 1.29. The van der Waals surface area contributed by atoms with Crippen LogP contribution in [-0.2, 0) is 6.42 Å². The highest BCUT2D eigenvalue weighted by Crippen LogP contribution is 2.19. The topological polar surface area (TPSA) is 120 Å². The maximum absolute atomic E-state index is 13.1. The van der Waals surface area contributed by atoms with Gasteiger partial charge in [-0.3, -0.25) is 14.5 Å². The fourth-order valence-corrected chi connectivity index (χ4v) is 4.01. The Morgan fingerprint density at radius 1 is 1.12 bits per heavy atom. The molecule has 9 nitrogen and oxygen atoms in total.